The summed E-state index contributed by atoms with van der Waals surface area (Å²) < 4.78 is 0. The Labute approximate surface area is 80.0 Å². The molecule has 0 bridgehead atoms. The molecule has 1 aromatic rings. The van der Waals surface area contributed by atoms with Crippen molar-refractivity contribution in [3.8, 4) is 0 Å². The zero-order valence-electron chi connectivity index (χ0n) is 8.16. The number of rotatable bonds is 0. The molecule has 0 spiro atoms. The van der Waals surface area contributed by atoms with Gasteiger partial charge in [0.25, 0.3) is 0 Å². The first-order chi connectivity index (χ1) is 6.27. The molecule has 1 aromatic carbocycles. The maximum atomic E-state index is 6.14. The molecular formula is C12H17N. The van der Waals surface area contributed by atoms with Gasteiger partial charge in [-0.2, -0.15) is 0 Å². The smallest absolute Gasteiger partial charge is 0.0300 e. The van der Waals surface area contributed by atoms with E-state index in [1.807, 2.05) is 0 Å². The van der Waals surface area contributed by atoms with E-state index >= 15 is 0 Å². The zero-order valence-corrected chi connectivity index (χ0v) is 8.16. The molecule has 2 atom stereocenters. The number of nitrogens with two attached hydrogens (primary N) is 1. The summed E-state index contributed by atoms with van der Waals surface area (Å²) in [5.41, 5.74) is 8.96. The summed E-state index contributed by atoms with van der Waals surface area (Å²) in [5.74, 6) is 0.766. The largest absolute Gasteiger partial charge is 0.324 e. The van der Waals surface area contributed by atoms with Crippen LogP contribution in [0, 0.1) is 5.92 Å². The highest BCUT2D eigenvalue weighted by Gasteiger charge is 2.18. The van der Waals surface area contributed by atoms with Crippen LogP contribution in [0.15, 0.2) is 24.3 Å². The Balaban J connectivity index is 2.35. The van der Waals surface area contributed by atoms with Gasteiger partial charge in [0.2, 0.25) is 0 Å². The molecule has 70 valence electrons. The van der Waals surface area contributed by atoms with E-state index in [-0.39, 0.29) is 6.04 Å². The maximum absolute atomic E-state index is 6.14. The van der Waals surface area contributed by atoms with Crippen LogP contribution in [0.3, 0.4) is 0 Å². The van der Waals surface area contributed by atoms with Crippen molar-refractivity contribution in [2.45, 2.75) is 32.2 Å². The highest BCUT2D eigenvalue weighted by Crippen LogP contribution is 2.29. The van der Waals surface area contributed by atoms with Crippen LogP contribution in [0.5, 0.6) is 0 Å². The van der Waals surface area contributed by atoms with Crippen molar-refractivity contribution < 1.29 is 0 Å². The van der Waals surface area contributed by atoms with Crippen molar-refractivity contribution in [1.29, 1.82) is 0 Å². The molecule has 0 saturated heterocycles. The first-order valence-corrected chi connectivity index (χ1v) is 5.11. The first-order valence-electron chi connectivity index (χ1n) is 5.11. The summed E-state index contributed by atoms with van der Waals surface area (Å²) in [6.07, 6.45) is 3.62. The van der Waals surface area contributed by atoms with Crippen LogP contribution >= 0.6 is 0 Å². The molecule has 0 aromatic heterocycles. The van der Waals surface area contributed by atoms with Crippen LogP contribution in [0.1, 0.15) is 36.9 Å². The Hall–Kier alpha value is -0.820. The van der Waals surface area contributed by atoms with Gasteiger partial charge in [-0.25, -0.2) is 0 Å². The minimum Gasteiger partial charge on any atom is -0.324 e. The molecule has 2 N–H and O–H groups in total. The summed E-state index contributed by atoms with van der Waals surface area (Å²) >= 11 is 0. The van der Waals surface area contributed by atoms with Gasteiger partial charge in [-0.05, 0) is 36.3 Å². The molecule has 1 aliphatic rings. The molecule has 2 rings (SSSR count). The van der Waals surface area contributed by atoms with Crippen molar-refractivity contribution >= 4 is 0 Å². The Kier molecular flexibility index (Phi) is 2.36. The van der Waals surface area contributed by atoms with E-state index in [4.69, 9.17) is 5.73 Å². The second-order valence-corrected chi connectivity index (χ2v) is 4.18. The fourth-order valence-electron chi connectivity index (χ4n) is 2.20. The highest BCUT2D eigenvalue weighted by molar-refractivity contribution is 5.30. The molecular weight excluding hydrogens is 158 g/mol. The number of hydrogen-bond donors (Lipinski definition) is 1. The fourth-order valence-corrected chi connectivity index (χ4v) is 2.20. The minimum absolute atomic E-state index is 0.258. The van der Waals surface area contributed by atoms with Gasteiger partial charge >= 0.3 is 0 Å². The maximum Gasteiger partial charge on any atom is 0.0300 e. The van der Waals surface area contributed by atoms with E-state index in [0.29, 0.717) is 0 Å². The van der Waals surface area contributed by atoms with Crippen molar-refractivity contribution in [3.05, 3.63) is 35.4 Å². The van der Waals surface area contributed by atoms with Gasteiger partial charge in [-0.1, -0.05) is 31.2 Å². The van der Waals surface area contributed by atoms with Crippen LogP contribution in [0.25, 0.3) is 0 Å². The van der Waals surface area contributed by atoms with Crippen molar-refractivity contribution in [3.63, 3.8) is 0 Å². The molecule has 2 unspecified atom stereocenters. The van der Waals surface area contributed by atoms with Gasteiger partial charge in [-0.15, -0.1) is 0 Å². The third-order valence-electron chi connectivity index (χ3n) is 3.02. The number of benzene rings is 1. The van der Waals surface area contributed by atoms with E-state index in [9.17, 15) is 0 Å². The summed E-state index contributed by atoms with van der Waals surface area (Å²) in [6.45, 7) is 2.30. The predicted molar refractivity (Wildman–Crippen MR) is 55.5 cm³/mol. The Morgan fingerprint density at radius 2 is 2.08 bits per heavy atom. The van der Waals surface area contributed by atoms with E-state index in [0.717, 1.165) is 12.3 Å². The van der Waals surface area contributed by atoms with Crippen LogP contribution in [-0.4, -0.2) is 0 Å². The molecule has 13 heavy (non-hydrogen) atoms. The second kappa shape index (κ2) is 3.51. The van der Waals surface area contributed by atoms with Crippen LogP contribution in [0.2, 0.25) is 0 Å². The molecule has 0 heterocycles. The molecule has 0 saturated carbocycles. The summed E-state index contributed by atoms with van der Waals surface area (Å²) in [7, 11) is 0. The topological polar surface area (TPSA) is 26.0 Å². The van der Waals surface area contributed by atoms with Crippen molar-refractivity contribution in [1.82, 2.24) is 0 Å². The van der Waals surface area contributed by atoms with E-state index in [1.54, 1.807) is 0 Å². The van der Waals surface area contributed by atoms with E-state index in [1.165, 1.54) is 24.0 Å². The van der Waals surface area contributed by atoms with Crippen LogP contribution in [0.4, 0.5) is 0 Å². The Morgan fingerprint density at radius 3 is 2.92 bits per heavy atom. The molecule has 1 heteroatoms. The highest BCUT2D eigenvalue weighted by atomic mass is 14.6. The Morgan fingerprint density at radius 1 is 1.31 bits per heavy atom. The third-order valence-corrected chi connectivity index (χ3v) is 3.02. The molecule has 0 aliphatic heterocycles. The van der Waals surface area contributed by atoms with Gasteiger partial charge in [0, 0.05) is 6.04 Å². The first kappa shape index (κ1) is 8.76. The zero-order chi connectivity index (χ0) is 9.26. The fraction of sp³-hybridized carbons (Fsp3) is 0.500. The standard InChI is InChI=1S/C12H17N/c1-9-6-7-10-4-2-3-5-11(10)12(13)8-9/h2-5,9,12H,6-8,13H2,1H3. The summed E-state index contributed by atoms with van der Waals surface area (Å²) in [5, 5.41) is 0. The van der Waals surface area contributed by atoms with Gasteiger partial charge in [-0.3, -0.25) is 0 Å². The predicted octanol–water partition coefficient (Wildman–Crippen LogP) is 2.66. The molecule has 0 amide bonds. The lowest BCUT2D eigenvalue weighted by atomic mass is 9.98. The van der Waals surface area contributed by atoms with Crippen LogP contribution < -0.4 is 5.73 Å². The third kappa shape index (κ3) is 1.75. The second-order valence-electron chi connectivity index (χ2n) is 4.18. The molecule has 1 nitrogen and oxygen atoms in total. The SMILES string of the molecule is CC1CCc2ccccc2C(N)C1. The molecule has 0 radical (unpaired) electrons. The van der Waals surface area contributed by atoms with E-state index in [2.05, 4.69) is 31.2 Å². The summed E-state index contributed by atoms with van der Waals surface area (Å²) in [4.78, 5) is 0. The summed E-state index contributed by atoms with van der Waals surface area (Å²) in [6, 6.07) is 8.86. The van der Waals surface area contributed by atoms with Gasteiger partial charge in [0.1, 0.15) is 0 Å². The average molecular weight is 175 g/mol. The molecule has 0 fully saturated rings. The normalized spacial score (nSPS) is 27.8. The lowest BCUT2D eigenvalue weighted by molar-refractivity contribution is 0.464. The average Bonchev–Trinajstić information content (AvgIpc) is 2.27. The van der Waals surface area contributed by atoms with Gasteiger partial charge < -0.3 is 5.73 Å². The minimum atomic E-state index is 0.258. The van der Waals surface area contributed by atoms with E-state index < -0.39 is 0 Å². The number of fused-ring (bicyclic) bond motifs is 1. The lowest BCUT2D eigenvalue weighted by Gasteiger charge is -2.13. The number of hydrogen-bond acceptors (Lipinski definition) is 1. The Bertz CT molecular complexity index is 293. The van der Waals surface area contributed by atoms with Gasteiger partial charge in [0.05, 0.1) is 0 Å². The molecule has 1 aliphatic carbocycles. The lowest BCUT2D eigenvalue weighted by Crippen LogP contribution is -2.12. The number of aryl methyl sites for hydroxylation is 1. The van der Waals surface area contributed by atoms with Gasteiger partial charge in [0.15, 0.2) is 0 Å². The van der Waals surface area contributed by atoms with Crippen LogP contribution in [-0.2, 0) is 6.42 Å². The van der Waals surface area contributed by atoms with Crippen molar-refractivity contribution in [2.75, 3.05) is 0 Å². The monoisotopic (exact) mass is 175 g/mol. The quantitative estimate of drug-likeness (QED) is 0.603. The van der Waals surface area contributed by atoms with Crippen molar-refractivity contribution in [2.24, 2.45) is 11.7 Å².